The third-order valence-electron chi connectivity index (χ3n) is 4.03. The van der Waals surface area contributed by atoms with Crippen LogP contribution in [0.25, 0.3) is 5.69 Å². The topological polar surface area (TPSA) is 93.9 Å². The zero-order chi connectivity index (χ0) is 19.4. The van der Waals surface area contributed by atoms with E-state index in [9.17, 15) is 8.42 Å². The molecule has 0 saturated carbocycles. The van der Waals surface area contributed by atoms with Crippen LogP contribution in [-0.2, 0) is 10.0 Å². The van der Waals surface area contributed by atoms with Crippen LogP contribution in [0.3, 0.4) is 0 Å². The van der Waals surface area contributed by atoms with Crippen LogP contribution in [0.1, 0.15) is 19.4 Å². The number of aromatic nitrogens is 5. The molecule has 0 aliphatic carbocycles. The van der Waals surface area contributed by atoms with Crippen molar-refractivity contribution in [1.82, 2.24) is 29.5 Å². The molecule has 3 rings (SSSR count). The van der Waals surface area contributed by atoms with Gasteiger partial charge in [0.15, 0.2) is 0 Å². The summed E-state index contributed by atoms with van der Waals surface area (Å²) >= 11 is 1.27. The highest BCUT2D eigenvalue weighted by Crippen LogP contribution is 2.27. The maximum absolute atomic E-state index is 12.5. The molecule has 0 atom stereocenters. The van der Waals surface area contributed by atoms with Gasteiger partial charge in [-0.25, -0.2) is 13.4 Å². The van der Waals surface area contributed by atoms with Crippen LogP contribution in [-0.4, -0.2) is 51.0 Å². The van der Waals surface area contributed by atoms with Gasteiger partial charge in [-0.2, -0.15) is 8.99 Å². The Balaban J connectivity index is 1.85. The van der Waals surface area contributed by atoms with Crippen molar-refractivity contribution >= 4 is 21.8 Å². The highest BCUT2D eigenvalue weighted by molar-refractivity contribution is 7.99. The first kappa shape index (κ1) is 19.5. The van der Waals surface area contributed by atoms with Crippen molar-refractivity contribution in [2.75, 3.05) is 13.1 Å². The Morgan fingerprint density at radius 1 is 1.11 bits per heavy atom. The summed E-state index contributed by atoms with van der Waals surface area (Å²) in [7, 11) is -3.52. The fraction of sp³-hybridized carbons (Fsp3) is 0.294. The summed E-state index contributed by atoms with van der Waals surface area (Å²) < 4.78 is 28.1. The number of aryl methyl sites for hydroxylation is 1. The van der Waals surface area contributed by atoms with E-state index in [-0.39, 0.29) is 4.90 Å². The van der Waals surface area contributed by atoms with Crippen molar-refractivity contribution in [3.63, 3.8) is 0 Å². The standard InChI is InChI=1S/C17H20N6O2S2/c1-4-22(5-2)27(24,25)14-10-11-16(18-12-14)26-17-19-20-21-23(17)15-9-7-6-8-13(15)3/h6-12H,4-5H2,1-3H3. The Morgan fingerprint density at radius 2 is 1.85 bits per heavy atom. The molecule has 0 radical (unpaired) electrons. The van der Waals surface area contributed by atoms with Crippen LogP contribution >= 0.6 is 11.8 Å². The molecule has 8 nitrogen and oxygen atoms in total. The van der Waals surface area contributed by atoms with Crippen molar-refractivity contribution in [2.24, 2.45) is 0 Å². The number of nitrogens with zero attached hydrogens (tertiary/aromatic N) is 6. The van der Waals surface area contributed by atoms with Gasteiger partial charge in [0, 0.05) is 19.3 Å². The van der Waals surface area contributed by atoms with Crippen molar-refractivity contribution in [1.29, 1.82) is 0 Å². The Labute approximate surface area is 162 Å². The van der Waals surface area contributed by atoms with Gasteiger partial charge in [-0.1, -0.05) is 32.0 Å². The molecule has 0 amide bonds. The van der Waals surface area contributed by atoms with E-state index in [2.05, 4.69) is 20.5 Å². The van der Waals surface area contributed by atoms with Gasteiger partial charge >= 0.3 is 0 Å². The molecule has 2 heterocycles. The lowest BCUT2D eigenvalue weighted by Gasteiger charge is -2.18. The van der Waals surface area contributed by atoms with Crippen LogP contribution in [0.2, 0.25) is 0 Å². The van der Waals surface area contributed by atoms with E-state index in [0.717, 1.165) is 11.3 Å². The first-order valence-electron chi connectivity index (χ1n) is 8.45. The second-order valence-electron chi connectivity index (χ2n) is 5.68. The molecule has 27 heavy (non-hydrogen) atoms. The summed E-state index contributed by atoms with van der Waals surface area (Å²) in [5.41, 5.74) is 1.92. The van der Waals surface area contributed by atoms with Gasteiger partial charge in [0.05, 0.1) is 5.69 Å². The predicted octanol–water partition coefficient (Wildman–Crippen LogP) is 2.55. The van der Waals surface area contributed by atoms with Crippen molar-refractivity contribution in [3.05, 3.63) is 48.2 Å². The lowest BCUT2D eigenvalue weighted by atomic mass is 10.2. The second-order valence-corrected chi connectivity index (χ2v) is 8.61. The van der Waals surface area contributed by atoms with Gasteiger partial charge < -0.3 is 0 Å². The number of pyridine rings is 1. The molecule has 2 aromatic heterocycles. The van der Waals surface area contributed by atoms with E-state index in [1.807, 2.05) is 45.0 Å². The van der Waals surface area contributed by atoms with E-state index in [1.165, 1.54) is 22.3 Å². The molecule has 0 aliphatic heterocycles. The monoisotopic (exact) mass is 404 g/mol. The van der Waals surface area contributed by atoms with E-state index >= 15 is 0 Å². The van der Waals surface area contributed by atoms with Gasteiger partial charge in [-0.15, -0.1) is 5.10 Å². The molecule has 0 fully saturated rings. The summed E-state index contributed by atoms with van der Waals surface area (Å²) in [5.74, 6) is 0. The van der Waals surface area contributed by atoms with Crippen molar-refractivity contribution in [2.45, 2.75) is 35.8 Å². The average molecular weight is 405 g/mol. The van der Waals surface area contributed by atoms with Crippen LogP contribution in [0.5, 0.6) is 0 Å². The highest BCUT2D eigenvalue weighted by atomic mass is 32.2. The Morgan fingerprint density at radius 3 is 2.48 bits per heavy atom. The van der Waals surface area contributed by atoms with Gasteiger partial charge in [0.25, 0.3) is 0 Å². The number of hydrogen-bond donors (Lipinski definition) is 0. The fourth-order valence-electron chi connectivity index (χ4n) is 2.58. The van der Waals surface area contributed by atoms with Crippen LogP contribution in [0.15, 0.2) is 57.7 Å². The summed E-state index contributed by atoms with van der Waals surface area (Å²) in [6, 6.07) is 11.0. The number of hydrogen-bond acceptors (Lipinski definition) is 7. The smallest absolute Gasteiger partial charge is 0.244 e. The maximum Gasteiger partial charge on any atom is 0.244 e. The van der Waals surface area contributed by atoms with E-state index in [4.69, 9.17) is 0 Å². The minimum atomic E-state index is -3.52. The fourth-order valence-corrected chi connectivity index (χ4v) is 4.71. The van der Waals surface area contributed by atoms with Crippen molar-refractivity contribution < 1.29 is 8.42 Å². The van der Waals surface area contributed by atoms with E-state index in [1.54, 1.807) is 16.8 Å². The lowest BCUT2D eigenvalue weighted by Crippen LogP contribution is -2.30. The third kappa shape index (κ3) is 4.02. The number of benzene rings is 1. The number of tetrazole rings is 1. The minimum Gasteiger partial charge on any atom is -0.248 e. The number of sulfonamides is 1. The van der Waals surface area contributed by atoms with Crippen LogP contribution in [0.4, 0.5) is 0 Å². The normalized spacial score (nSPS) is 11.9. The number of rotatable bonds is 7. The van der Waals surface area contributed by atoms with E-state index < -0.39 is 10.0 Å². The highest BCUT2D eigenvalue weighted by Gasteiger charge is 2.22. The zero-order valence-corrected chi connectivity index (χ0v) is 16.9. The predicted molar refractivity (Wildman–Crippen MR) is 102 cm³/mol. The summed E-state index contributed by atoms with van der Waals surface area (Å²) in [5, 5.41) is 13.0. The molecule has 10 heteroatoms. The maximum atomic E-state index is 12.5. The SMILES string of the molecule is CCN(CC)S(=O)(=O)c1ccc(Sc2nnnn2-c2ccccc2C)nc1. The minimum absolute atomic E-state index is 0.175. The molecule has 142 valence electrons. The molecule has 3 aromatic rings. The van der Waals surface area contributed by atoms with Crippen molar-refractivity contribution in [3.8, 4) is 5.69 Å². The first-order chi connectivity index (χ1) is 13.0. The van der Waals surface area contributed by atoms with Crippen LogP contribution < -0.4 is 0 Å². The Kier molecular flexibility index (Phi) is 5.88. The van der Waals surface area contributed by atoms with Gasteiger partial charge in [0.2, 0.25) is 15.2 Å². The Hall–Kier alpha value is -2.30. The number of para-hydroxylation sites is 1. The molecule has 0 unspecified atom stereocenters. The lowest BCUT2D eigenvalue weighted by molar-refractivity contribution is 0.445. The summed E-state index contributed by atoms with van der Waals surface area (Å²) in [6.45, 7) is 6.44. The second kappa shape index (κ2) is 8.15. The van der Waals surface area contributed by atoms with Gasteiger partial charge in [0.1, 0.15) is 9.92 Å². The quantitative estimate of drug-likeness (QED) is 0.597. The van der Waals surface area contributed by atoms with Crippen LogP contribution in [0, 0.1) is 6.92 Å². The molecular weight excluding hydrogens is 384 g/mol. The average Bonchev–Trinajstić information content (AvgIpc) is 3.11. The molecule has 0 spiro atoms. The summed E-state index contributed by atoms with van der Waals surface area (Å²) in [4.78, 5) is 4.45. The van der Waals surface area contributed by atoms with Gasteiger partial charge in [-0.3, -0.25) is 0 Å². The third-order valence-corrected chi connectivity index (χ3v) is 6.95. The molecule has 0 saturated heterocycles. The molecule has 0 aliphatic rings. The molecule has 1 aromatic carbocycles. The van der Waals surface area contributed by atoms with E-state index in [0.29, 0.717) is 23.3 Å². The zero-order valence-electron chi connectivity index (χ0n) is 15.3. The summed E-state index contributed by atoms with van der Waals surface area (Å²) in [6.07, 6.45) is 1.37. The Bertz CT molecular complexity index is 1010. The molecular formula is C17H20N6O2S2. The molecule has 0 N–H and O–H groups in total. The molecule has 0 bridgehead atoms. The largest absolute Gasteiger partial charge is 0.248 e. The first-order valence-corrected chi connectivity index (χ1v) is 10.7. The van der Waals surface area contributed by atoms with Gasteiger partial charge in [-0.05, 0) is 52.9 Å².